The second-order valence-electron chi connectivity index (χ2n) is 6.91. The van der Waals surface area contributed by atoms with Crippen molar-refractivity contribution < 1.29 is 9.53 Å². The van der Waals surface area contributed by atoms with Gasteiger partial charge >= 0.3 is 0 Å². The molecule has 0 unspecified atom stereocenters. The van der Waals surface area contributed by atoms with Gasteiger partial charge in [0.05, 0.1) is 0 Å². The summed E-state index contributed by atoms with van der Waals surface area (Å²) >= 11 is 0. The third-order valence-electron chi connectivity index (χ3n) is 4.67. The van der Waals surface area contributed by atoms with Gasteiger partial charge in [0, 0.05) is 25.8 Å². The molecule has 5 nitrogen and oxygen atoms in total. The van der Waals surface area contributed by atoms with E-state index in [0.717, 1.165) is 35.8 Å². The summed E-state index contributed by atoms with van der Waals surface area (Å²) in [6.45, 7) is 6.66. The van der Waals surface area contributed by atoms with Crippen LogP contribution < -0.4 is 15.0 Å². The Bertz CT molecular complexity index is 737. The highest BCUT2D eigenvalue weighted by atomic mass is 16.5. The molecule has 2 heterocycles. The van der Waals surface area contributed by atoms with Crippen LogP contribution in [-0.4, -0.2) is 30.6 Å². The molecular formula is C21H27N3O2. The molecule has 1 saturated heterocycles. The molecule has 2 aromatic rings. The Labute approximate surface area is 155 Å². The molecule has 1 aliphatic rings. The lowest BCUT2D eigenvalue weighted by Gasteiger charge is -2.27. The first kappa shape index (κ1) is 18.2. The van der Waals surface area contributed by atoms with Crippen LogP contribution >= 0.6 is 0 Å². The normalized spacial score (nSPS) is 14.2. The Hall–Kier alpha value is -2.56. The van der Waals surface area contributed by atoms with Gasteiger partial charge in [0.1, 0.15) is 11.6 Å². The molecule has 138 valence electrons. The Morgan fingerprint density at radius 3 is 2.65 bits per heavy atom. The van der Waals surface area contributed by atoms with E-state index >= 15 is 0 Å². The van der Waals surface area contributed by atoms with Gasteiger partial charge in [-0.2, -0.15) is 0 Å². The van der Waals surface area contributed by atoms with Gasteiger partial charge in [0.25, 0.3) is 5.91 Å². The molecule has 1 N–H and O–H groups in total. The lowest BCUT2D eigenvalue weighted by atomic mass is 10.1. The molecule has 0 bridgehead atoms. The number of ether oxygens (including phenoxy) is 1. The number of hydrogen-bond donors (Lipinski definition) is 1. The SMILES string of the molecule is Cc1ccc(OCC(=O)NCc2ccc(N3CCCCC3)nc2)c(C)c1. The van der Waals surface area contributed by atoms with E-state index in [2.05, 4.69) is 15.2 Å². The van der Waals surface area contributed by atoms with E-state index in [4.69, 9.17) is 4.74 Å². The van der Waals surface area contributed by atoms with Crippen molar-refractivity contribution in [2.24, 2.45) is 0 Å². The molecule has 26 heavy (non-hydrogen) atoms. The largest absolute Gasteiger partial charge is 0.484 e. The first-order valence-electron chi connectivity index (χ1n) is 9.28. The number of aryl methyl sites for hydroxylation is 2. The van der Waals surface area contributed by atoms with Gasteiger partial charge in [0.2, 0.25) is 0 Å². The fourth-order valence-electron chi connectivity index (χ4n) is 3.19. The summed E-state index contributed by atoms with van der Waals surface area (Å²) in [7, 11) is 0. The van der Waals surface area contributed by atoms with Crippen molar-refractivity contribution in [1.29, 1.82) is 0 Å². The van der Waals surface area contributed by atoms with Crippen LogP contribution in [0.4, 0.5) is 5.82 Å². The Morgan fingerprint density at radius 2 is 1.96 bits per heavy atom. The molecule has 1 aromatic carbocycles. The van der Waals surface area contributed by atoms with Crippen LogP contribution in [0.15, 0.2) is 36.5 Å². The lowest BCUT2D eigenvalue weighted by Crippen LogP contribution is -2.30. The van der Waals surface area contributed by atoms with Crippen LogP contribution in [0.2, 0.25) is 0 Å². The minimum Gasteiger partial charge on any atom is -0.484 e. The van der Waals surface area contributed by atoms with Gasteiger partial charge < -0.3 is 15.0 Å². The highest BCUT2D eigenvalue weighted by molar-refractivity contribution is 5.77. The number of anilines is 1. The van der Waals surface area contributed by atoms with Crippen molar-refractivity contribution in [2.75, 3.05) is 24.6 Å². The van der Waals surface area contributed by atoms with E-state index in [1.807, 2.05) is 50.4 Å². The van der Waals surface area contributed by atoms with Crippen molar-refractivity contribution in [1.82, 2.24) is 10.3 Å². The molecule has 1 fully saturated rings. The summed E-state index contributed by atoms with van der Waals surface area (Å²) in [6.07, 6.45) is 5.62. The molecule has 0 saturated carbocycles. The Kier molecular flexibility index (Phi) is 6.10. The molecule has 0 spiro atoms. The predicted molar refractivity (Wildman–Crippen MR) is 104 cm³/mol. The third-order valence-corrected chi connectivity index (χ3v) is 4.67. The zero-order chi connectivity index (χ0) is 18.4. The molecule has 1 amide bonds. The molecule has 5 heteroatoms. The van der Waals surface area contributed by atoms with Crippen LogP contribution in [0.5, 0.6) is 5.75 Å². The van der Waals surface area contributed by atoms with Crippen LogP contribution in [0.1, 0.15) is 36.0 Å². The van der Waals surface area contributed by atoms with Crippen molar-refractivity contribution in [3.05, 3.63) is 53.2 Å². The number of nitrogens with zero attached hydrogens (tertiary/aromatic N) is 2. The minimum absolute atomic E-state index is 0.0171. The van der Waals surface area contributed by atoms with Crippen LogP contribution in [0, 0.1) is 13.8 Å². The van der Waals surface area contributed by atoms with Gasteiger partial charge in [-0.1, -0.05) is 23.8 Å². The number of carbonyl (C=O) groups excluding carboxylic acids is 1. The number of carbonyl (C=O) groups is 1. The first-order valence-corrected chi connectivity index (χ1v) is 9.28. The standard InChI is InChI=1S/C21H27N3O2/c1-16-6-8-19(17(2)12-16)26-15-21(25)23-14-18-7-9-20(22-13-18)24-10-4-3-5-11-24/h6-9,12-13H,3-5,10-11,14-15H2,1-2H3,(H,23,25). The predicted octanol–water partition coefficient (Wildman–Crippen LogP) is 3.38. The zero-order valence-electron chi connectivity index (χ0n) is 15.6. The number of aromatic nitrogens is 1. The summed E-state index contributed by atoms with van der Waals surface area (Å²) in [5, 5.41) is 2.88. The highest BCUT2D eigenvalue weighted by Crippen LogP contribution is 2.19. The molecule has 1 aliphatic heterocycles. The van der Waals surface area contributed by atoms with Gasteiger partial charge in [-0.3, -0.25) is 4.79 Å². The first-order chi connectivity index (χ1) is 12.6. The number of hydrogen-bond acceptors (Lipinski definition) is 4. The number of pyridine rings is 1. The molecule has 0 atom stereocenters. The van der Waals surface area contributed by atoms with E-state index in [1.54, 1.807) is 0 Å². The smallest absolute Gasteiger partial charge is 0.258 e. The van der Waals surface area contributed by atoms with Crippen LogP contribution in [-0.2, 0) is 11.3 Å². The van der Waals surface area contributed by atoms with Gasteiger partial charge in [-0.25, -0.2) is 4.98 Å². The average Bonchev–Trinajstić information content (AvgIpc) is 2.67. The van der Waals surface area contributed by atoms with E-state index < -0.39 is 0 Å². The van der Waals surface area contributed by atoms with Crippen LogP contribution in [0.25, 0.3) is 0 Å². The summed E-state index contributed by atoms with van der Waals surface area (Å²) in [4.78, 5) is 18.9. The maximum absolute atomic E-state index is 12.0. The van der Waals surface area contributed by atoms with Crippen LogP contribution in [0.3, 0.4) is 0 Å². The number of nitrogens with one attached hydrogen (secondary N) is 1. The maximum atomic E-state index is 12.0. The van der Waals surface area contributed by atoms with Crippen molar-refractivity contribution in [2.45, 2.75) is 39.7 Å². The van der Waals surface area contributed by atoms with Crippen molar-refractivity contribution >= 4 is 11.7 Å². The molecule has 0 aliphatic carbocycles. The van der Waals surface area contributed by atoms with E-state index in [0.29, 0.717) is 6.54 Å². The number of benzene rings is 1. The molecule has 3 rings (SSSR count). The second kappa shape index (κ2) is 8.70. The fraction of sp³-hybridized carbons (Fsp3) is 0.429. The van der Waals surface area contributed by atoms with Crippen molar-refractivity contribution in [3.63, 3.8) is 0 Å². The second-order valence-corrected chi connectivity index (χ2v) is 6.91. The topological polar surface area (TPSA) is 54.5 Å². The third kappa shape index (κ3) is 4.97. The van der Waals surface area contributed by atoms with Gasteiger partial charge in [0.15, 0.2) is 6.61 Å². The number of piperidine rings is 1. The van der Waals surface area contributed by atoms with E-state index in [1.165, 1.54) is 24.8 Å². The summed E-state index contributed by atoms with van der Waals surface area (Å²) in [5.41, 5.74) is 3.21. The molecular weight excluding hydrogens is 326 g/mol. The summed E-state index contributed by atoms with van der Waals surface area (Å²) in [6, 6.07) is 10.0. The average molecular weight is 353 g/mol. The Balaban J connectivity index is 1.45. The maximum Gasteiger partial charge on any atom is 0.258 e. The highest BCUT2D eigenvalue weighted by Gasteiger charge is 2.12. The fourth-order valence-corrected chi connectivity index (χ4v) is 3.19. The Morgan fingerprint density at radius 1 is 1.15 bits per heavy atom. The number of rotatable bonds is 6. The lowest BCUT2D eigenvalue weighted by molar-refractivity contribution is -0.123. The zero-order valence-corrected chi connectivity index (χ0v) is 15.6. The summed E-state index contributed by atoms with van der Waals surface area (Å²) < 4.78 is 5.61. The molecule has 1 aromatic heterocycles. The minimum atomic E-state index is -0.134. The van der Waals surface area contributed by atoms with Crippen molar-refractivity contribution in [3.8, 4) is 5.75 Å². The van der Waals surface area contributed by atoms with E-state index in [-0.39, 0.29) is 12.5 Å². The van der Waals surface area contributed by atoms with Gasteiger partial charge in [-0.05, 0) is 56.4 Å². The quantitative estimate of drug-likeness (QED) is 0.865. The van der Waals surface area contributed by atoms with Gasteiger partial charge in [-0.15, -0.1) is 0 Å². The monoisotopic (exact) mass is 353 g/mol. The summed E-state index contributed by atoms with van der Waals surface area (Å²) in [5.74, 6) is 1.64. The number of amides is 1. The molecule has 0 radical (unpaired) electrons. The van der Waals surface area contributed by atoms with E-state index in [9.17, 15) is 4.79 Å².